The molecule has 0 aromatic rings. The molecule has 1 rings (SSSR count). The molecular formula is C17H31N5O5. The molecule has 1 aliphatic heterocycles. The maximum Gasteiger partial charge on any atom is 0.328 e. The van der Waals surface area contributed by atoms with Crippen LogP contribution in [0, 0.1) is 0 Å². The highest BCUT2D eigenvalue weighted by atomic mass is 16.5. The van der Waals surface area contributed by atoms with Crippen LogP contribution in [0.2, 0.25) is 0 Å². The Balaban J connectivity index is 2.94. The molecule has 5 amide bonds. The van der Waals surface area contributed by atoms with Gasteiger partial charge in [0, 0.05) is 25.2 Å². The molecule has 3 N–H and O–H groups in total. The summed E-state index contributed by atoms with van der Waals surface area (Å²) in [6.45, 7) is 9.35. The number of amides is 5. The van der Waals surface area contributed by atoms with Crippen LogP contribution in [0.15, 0.2) is 0 Å². The second kappa shape index (κ2) is 9.98. The first-order valence-electron chi connectivity index (χ1n) is 9.07. The third-order valence-corrected chi connectivity index (χ3v) is 3.97. The number of esters is 1. The number of carbonyl (C=O) groups is 4. The van der Waals surface area contributed by atoms with Crippen molar-refractivity contribution in [2.75, 3.05) is 26.7 Å². The SMILES string of the molecule is COC(=O)[C@@H](C)NC(=O)[C@@H]1CN(C(=O)NC(C)C)CCN1C(=O)NC(C)C. The summed E-state index contributed by atoms with van der Waals surface area (Å²) in [6.07, 6.45) is 0. The lowest BCUT2D eigenvalue weighted by atomic mass is 10.1. The summed E-state index contributed by atoms with van der Waals surface area (Å²) in [6, 6.07) is -2.61. The van der Waals surface area contributed by atoms with Crippen molar-refractivity contribution >= 4 is 23.9 Å². The zero-order chi connectivity index (χ0) is 20.7. The maximum atomic E-state index is 12.7. The molecule has 1 fully saturated rings. The number of ether oxygens (including phenoxy) is 1. The van der Waals surface area contributed by atoms with Gasteiger partial charge in [-0.05, 0) is 34.6 Å². The lowest BCUT2D eigenvalue weighted by Gasteiger charge is -2.41. The van der Waals surface area contributed by atoms with Gasteiger partial charge in [0.2, 0.25) is 5.91 Å². The van der Waals surface area contributed by atoms with Crippen molar-refractivity contribution in [3.05, 3.63) is 0 Å². The highest BCUT2D eigenvalue weighted by Gasteiger charge is 2.38. The molecule has 10 nitrogen and oxygen atoms in total. The lowest BCUT2D eigenvalue weighted by Crippen LogP contribution is -2.65. The molecule has 0 saturated carbocycles. The van der Waals surface area contributed by atoms with Gasteiger partial charge in [-0.2, -0.15) is 0 Å². The average molecular weight is 385 g/mol. The summed E-state index contributed by atoms with van der Waals surface area (Å²) in [4.78, 5) is 52.0. The summed E-state index contributed by atoms with van der Waals surface area (Å²) >= 11 is 0. The highest BCUT2D eigenvalue weighted by molar-refractivity contribution is 5.91. The van der Waals surface area contributed by atoms with Crippen LogP contribution in [-0.4, -0.2) is 84.6 Å². The Hall–Kier alpha value is -2.52. The van der Waals surface area contributed by atoms with Gasteiger partial charge in [-0.25, -0.2) is 14.4 Å². The second-order valence-corrected chi connectivity index (χ2v) is 7.12. The van der Waals surface area contributed by atoms with Gasteiger partial charge in [-0.1, -0.05) is 0 Å². The third-order valence-electron chi connectivity index (χ3n) is 3.97. The Morgan fingerprint density at radius 1 is 0.889 bits per heavy atom. The Morgan fingerprint density at radius 2 is 1.44 bits per heavy atom. The van der Waals surface area contributed by atoms with Crippen molar-refractivity contribution < 1.29 is 23.9 Å². The van der Waals surface area contributed by atoms with Crippen LogP contribution >= 0.6 is 0 Å². The van der Waals surface area contributed by atoms with E-state index >= 15 is 0 Å². The van der Waals surface area contributed by atoms with E-state index in [2.05, 4.69) is 20.7 Å². The molecule has 0 unspecified atom stereocenters. The van der Waals surface area contributed by atoms with E-state index in [-0.39, 0.29) is 37.2 Å². The number of nitrogens with one attached hydrogen (secondary N) is 3. The van der Waals surface area contributed by atoms with E-state index in [1.54, 1.807) is 0 Å². The summed E-state index contributed by atoms with van der Waals surface area (Å²) in [7, 11) is 1.23. The summed E-state index contributed by atoms with van der Waals surface area (Å²) in [5, 5.41) is 8.08. The molecule has 1 aliphatic rings. The van der Waals surface area contributed by atoms with E-state index in [1.807, 2.05) is 27.7 Å². The van der Waals surface area contributed by atoms with E-state index in [9.17, 15) is 19.2 Å². The van der Waals surface area contributed by atoms with E-state index in [0.717, 1.165) is 0 Å². The highest BCUT2D eigenvalue weighted by Crippen LogP contribution is 2.12. The summed E-state index contributed by atoms with van der Waals surface area (Å²) in [5.74, 6) is -1.11. The number of methoxy groups -OCH3 is 1. The van der Waals surface area contributed by atoms with Crippen LogP contribution in [0.1, 0.15) is 34.6 Å². The van der Waals surface area contributed by atoms with Crippen molar-refractivity contribution in [1.29, 1.82) is 0 Å². The molecule has 27 heavy (non-hydrogen) atoms. The van der Waals surface area contributed by atoms with Crippen molar-refractivity contribution in [2.24, 2.45) is 0 Å². The van der Waals surface area contributed by atoms with Crippen LogP contribution in [0.3, 0.4) is 0 Å². The number of piperazine rings is 1. The van der Waals surface area contributed by atoms with Gasteiger partial charge in [0.15, 0.2) is 0 Å². The number of urea groups is 2. The molecule has 0 aliphatic carbocycles. The first kappa shape index (κ1) is 22.5. The molecule has 10 heteroatoms. The van der Waals surface area contributed by atoms with E-state index in [4.69, 9.17) is 0 Å². The summed E-state index contributed by atoms with van der Waals surface area (Å²) < 4.78 is 4.61. The Kier molecular flexibility index (Phi) is 8.32. The minimum atomic E-state index is -0.914. The fourth-order valence-corrected chi connectivity index (χ4v) is 2.65. The zero-order valence-corrected chi connectivity index (χ0v) is 16.9. The van der Waals surface area contributed by atoms with Gasteiger partial charge in [-0.15, -0.1) is 0 Å². The van der Waals surface area contributed by atoms with Gasteiger partial charge < -0.3 is 30.5 Å². The van der Waals surface area contributed by atoms with E-state index < -0.39 is 24.0 Å². The van der Waals surface area contributed by atoms with Crippen LogP contribution in [0.25, 0.3) is 0 Å². The fraction of sp³-hybridized carbons (Fsp3) is 0.765. The largest absolute Gasteiger partial charge is 0.467 e. The van der Waals surface area contributed by atoms with Gasteiger partial charge in [-0.3, -0.25) is 4.79 Å². The zero-order valence-electron chi connectivity index (χ0n) is 16.9. The molecular weight excluding hydrogens is 354 g/mol. The maximum absolute atomic E-state index is 12.7. The van der Waals surface area contributed by atoms with Gasteiger partial charge in [0.05, 0.1) is 13.7 Å². The number of hydrogen-bond donors (Lipinski definition) is 3. The molecule has 1 saturated heterocycles. The minimum Gasteiger partial charge on any atom is -0.467 e. The smallest absolute Gasteiger partial charge is 0.328 e. The number of carbonyl (C=O) groups excluding carboxylic acids is 4. The molecule has 0 radical (unpaired) electrons. The predicted octanol–water partition coefficient (Wildman–Crippen LogP) is -0.114. The predicted molar refractivity (Wildman–Crippen MR) is 99.0 cm³/mol. The first-order valence-corrected chi connectivity index (χ1v) is 9.07. The van der Waals surface area contributed by atoms with Gasteiger partial charge >= 0.3 is 18.0 Å². The Bertz CT molecular complexity index is 566. The number of rotatable bonds is 5. The van der Waals surface area contributed by atoms with E-state index in [0.29, 0.717) is 6.54 Å². The minimum absolute atomic E-state index is 0.0315. The molecule has 0 spiro atoms. The normalized spacial score (nSPS) is 18.1. The second-order valence-electron chi connectivity index (χ2n) is 7.12. The van der Waals surface area contributed by atoms with Crippen LogP contribution < -0.4 is 16.0 Å². The topological polar surface area (TPSA) is 120 Å². The van der Waals surface area contributed by atoms with Gasteiger partial charge in [0.25, 0.3) is 0 Å². The van der Waals surface area contributed by atoms with E-state index in [1.165, 1.54) is 23.8 Å². The molecule has 2 atom stereocenters. The Labute approximate surface area is 160 Å². The summed E-state index contributed by atoms with van der Waals surface area (Å²) in [5.41, 5.74) is 0. The first-order chi connectivity index (χ1) is 12.6. The van der Waals surface area contributed by atoms with Crippen LogP contribution in [0.5, 0.6) is 0 Å². The third kappa shape index (κ3) is 6.61. The van der Waals surface area contributed by atoms with Gasteiger partial charge in [0.1, 0.15) is 12.1 Å². The molecule has 0 aromatic carbocycles. The van der Waals surface area contributed by atoms with Crippen molar-refractivity contribution in [1.82, 2.24) is 25.8 Å². The van der Waals surface area contributed by atoms with Crippen LogP contribution in [-0.2, 0) is 14.3 Å². The monoisotopic (exact) mass is 385 g/mol. The van der Waals surface area contributed by atoms with Crippen molar-refractivity contribution in [3.63, 3.8) is 0 Å². The Morgan fingerprint density at radius 3 is 1.96 bits per heavy atom. The molecule has 0 bridgehead atoms. The van der Waals surface area contributed by atoms with Crippen LogP contribution in [0.4, 0.5) is 9.59 Å². The van der Waals surface area contributed by atoms with Crippen molar-refractivity contribution in [2.45, 2.75) is 58.8 Å². The fourth-order valence-electron chi connectivity index (χ4n) is 2.65. The molecule has 154 valence electrons. The lowest BCUT2D eigenvalue weighted by molar-refractivity contribution is -0.145. The molecule has 1 heterocycles. The van der Waals surface area contributed by atoms with Crippen molar-refractivity contribution in [3.8, 4) is 0 Å². The standard InChI is InChI=1S/C17H31N5O5/c1-10(2)18-16(25)21-7-8-22(17(26)19-11(3)4)13(9-21)14(23)20-12(5)15(24)27-6/h10-13H,7-9H2,1-6H3,(H,18,25)(H,19,26)(H,20,23)/t12-,13+/m1/s1. The quantitative estimate of drug-likeness (QED) is 0.570. The average Bonchev–Trinajstić information content (AvgIpc) is 2.58. The number of nitrogens with zero attached hydrogens (tertiary/aromatic N) is 2. The number of hydrogen-bond acceptors (Lipinski definition) is 5. The molecule has 0 aromatic heterocycles.